The van der Waals surface area contributed by atoms with Gasteiger partial charge < -0.3 is 10.2 Å². The Morgan fingerprint density at radius 2 is 1.97 bits per heavy atom. The first-order valence-corrected chi connectivity index (χ1v) is 11.1. The Bertz CT molecular complexity index is 1170. The van der Waals surface area contributed by atoms with Crippen LogP contribution >= 0.6 is 15.9 Å². The lowest BCUT2D eigenvalue weighted by molar-refractivity contribution is 0.0468. The van der Waals surface area contributed by atoms with E-state index in [-0.39, 0.29) is 29.0 Å². The average molecular weight is 480 g/mol. The monoisotopic (exact) mass is 479 g/mol. The fourth-order valence-corrected chi connectivity index (χ4v) is 5.75. The summed E-state index contributed by atoms with van der Waals surface area (Å²) in [7, 11) is 0. The number of anilines is 1. The predicted octanol–water partition coefficient (Wildman–Crippen LogP) is 4.16. The quantitative estimate of drug-likeness (QED) is 0.608. The van der Waals surface area contributed by atoms with Crippen molar-refractivity contribution in [2.24, 2.45) is 11.3 Å². The summed E-state index contributed by atoms with van der Waals surface area (Å²) >= 11 is 3.40. The molecule has 2 aliphatic carbocycles. The number of amides is 1. The van der Waals surface area contributed by atoms with Gasteiger partial charge in [0.2, 0.25) is 0 Å². The van der Waals surface area contributed by atoms with E-state index in [0.29, 0.717) is 23.9 Å². The molecule has 3 aromatic rings. The molecule has 3 heterocycles. The molecule has 1 spiro atoms. The van der Waals surface area contributed by atoms with Gasteiger partial charge in [0.05, 0.1) is 11.6 Å². The highest BCUT2D eigenvalue weighted by Crippen LogP contribution is 2.71. The van der Waals surface area contributed by atoms with Gasteiger partial charge in [0, 0.05) is 41.2 Å². The largest absolute Gasteiger partial charge is 0.365 e. The number of rotatable bonds is 4. The van der Waals surface area contributed by atoms with Crippen molar-refractivity contribution in [3.8, 4) is 11.4 Å². The summed E-state index contributed by atoms with van der Waals surface area (Å²) in [5.74, 6) is 0.812. The molecule has 8 heteroatoms. The predicted molar refractivity (Wildman–Crippen MR) is 117 cm³/mol. The number of carbonyl (C=O) groups is 1. The Kier molecular flexibility index (Phi) is 4.15. The number of nitrogens with zero attached hydrogens (tertiary/aromatic N) is 4. The van der Waals surface area contributed by atoms with Crippen LogP contribution in [0.1, 0.15) is 23.2 Å². The Morgan fingerprint density at radius 3 is 2.74 bits per heavy atom. The summed E-state index contributed by atoms with van der Waals surface area (Å²) in [6.07, 6.45) is 7.09. The summed E-state index contributed by atoms with van der Waals surface area (Å²) in [6, 6.07) is 10.3. The molecule has 1 amide bonds. The molecule has 1 N–H and O–H groups in total. The zero-order valence-corrected chi connectivity index (χ0v) is 18.1. The van der Waals surface area contributed by atoms with Crippen LogP contribution in [-0.2, 0) is 0 Å². The van der Waals surface area contributed by atoms with E-state index < -0.39 is 5.82 Å². The number of likely N-dealkylation sites (tertiary alicyclic amines) is 1. The van der Waals surface area contributed by atoms with Gasteiger partial charge in [-0.2, -0.15) is 0 Å². The van der Waals surface area contributed by atoms with Crippen molar-refractivity contribution in [2.45, 2.75) is 24.9 Å². The van der Waals surface area contributed by atoms with E-state index in [9.17, 15) is 9.18 Å². The SMILES string of the molecule is O=C(c1c(F)cccc1-c1ncccn1)N1CC2CC23CC(Nc2ccc(Br)cn2)C13. The Morgan fingerprint density at radius 1 is 1.13 bits per heavy atom. The van der Waals surface area contributed by atoms with Gasteiger partial charge in [-0.05, 0) is 64.4 Å². The minimum Gasteiger partial charge on any atom is -0.365 e. The minimum absolute atomic E-state index is 0.0413. The maximum Gasteiger partial charge on any atom is 0.257 e. The van der Waals surface area contributed by atoms with Gasteiger partial charge in [-0.3, -0.25) is 4.79 Å². The van der Waals surface area contributed by atoms with Crippen LogP contribution in [0.5, 0.6) is 0 Å². The van der Waals surface area contributed by atoms with Crippen LogP contribution in [-0.4, -0.2) is 44.4 Å². The maximum absolute atomic E-state index is 14.9. The van der Waals surface area contributed by atoms with Crippen molar-refractivity contribution in [3.63, 3.8) is 0 Å². The summed E-state index contributed by atoms with van der Waals surface area (Å²) in [5, 5.41) is 3.48. The fraction of sp³-hybridized carbons (Fsp3) is 0.304. The zero-order valence-electron chi connectivity index (χ0n) is 16.5. The molecule has 2 saturated carbocycles. The number of piperidine rings is 1. The molecule has 6 rings (SSSR count). The fourth-order valence-electron chi connectivity index (χ4n) is 5.52. The molecule has 31 heavy (non-hydrogen) atoms. The molecule has 4 atom stereocenters. The van der Waals surface area contributed by atoms with E-state index in [4.69, 9.17) is 0 Å². The third-order valence-corrected chi connectivity index (χ3v) is 7.43. The van der Waals surface area contributed by atoms with Crippen molar-refractivity contribution in [2.75, 3.05) is 11.9 Å². The molecule has 6 nitrogen and oxygen atoms in total. The molecule has 156 valence electrons. The highest BCUT2D eigenvalue weighted by molar-refractivity contribution is 9.10. The number of nitrogens with one attached hydrogen (secondary N) is 1. The average Bonchev–Trinajstić information content (AvgIpc) is 3.43. The molecule has 1 aromatic carbocycles. The third-order valence-electron chi connectivity index (χ3n) is 6.96. The Hall–Kier alpha value is -2.87. The lowest BCUT2D eigenvalue weighted by Gasteiger charge is -2.48. The van der Waals surface area contributed by atoms with Gasteiger partial charge in [-0.25, -0.2) is 19.3 Å². The molecule has 0 bridgehead atoms. The normalized spacial score (nSPS) is 27.8. The van der Waals surface area contributed by atoms with Crippen LogP contribution in [0.15, 0.2) is 59.5 Å². The zero-order chi connectivity index (χ0) is 21.2. The van der Waals surface area contributed by atoms with Crippen molar-refractivity contribution >= 4 is 27.7 Å². The van der Waals surface area contributed by atoms with Gasteiger partial charge in [0.1, 0.15) is 11.6 Å². The number of carbonyl (C=O) groups excluding carboxylic acids is 1. The highest BCUT2D eigenvalue weighted by atomic mass is 79.9. The summed E-state index contributed by atoms with van der Waals surface area (Å²) < 4.78 is 15.9. The summed E-state index contributed by atoms with van der Waals surface area (Å²) in [5.41, 5.74) is 0.661. The Labute approximate surface area is 187 Å². The lowest BCUT2D eigenvalue weighted by atomic mass is 9.71. The topological polar surface area (TPSA) is 71.0 Å². The molecule has 2 aromatic heterocycles. The minimum atomic E-state index is -0.539. The molecule has 0 radical (unpaired) electrons. The molecule has 4 unspecified atom stereocenters. The lowest BCUT2D eigenvalue weighted by Crippen LogP contribution is -2.60. The van der Waals surface area contributed by atoms with Crippen molar-refractivity contribution in [1.29, 1.82) is 0 Å². The Balaban J connectivity index is 1.32. The number of hydrogen-bond donors (Lipinski definition) is 1. The van der Waals surface area contributed by atoms with Crippen LogP contribution in [0.4, 0.5) is 10.2 Å². The smallest absolute Gasteiger partial charge is 0.257 e. The molecule has 3 fully saturated rings. The third kappa shape index (κ3) is 2.88. The standard InChI is InChI=1S/C23H19BrFN5O/c24-14-5-6-18(28-11-14)29-17-10-23-9-13(23)12-30(20(17)23)22(31)19-15(3-1-4-16(19)25)21-26-7-2-8-27-21/h1-8,11,13,17,20H,9-10,12H2,(H,28,29). The van der Waals surface area contributed by atoms with Crippen molar-refractivity contribution < 1.29 is 9.18 Å². The molecular formula is C23H19BrFN5O. The summed E-state index contributed by atoms with van der Waals surface area (Å²) in [4.78, 5) is 28.4. The number of hydrogen-bond acceptors (Lipinski definition) is 5. The number of pyridine rings is 1. The van der Waals surface area contributed by atoms with E-state index in [2.05, 4.69) is 36.2 Å². The van der Waals surface area contributed by atoms with Crippen LogP contribution in [0, 0.1) is 17.2 Å². The van der Waals surface area contributed by atoms with E-state index in [1.165, 1.54) is 6.07 Å². The second-order valence-corrected chi connectivity index (χ2v) is 9.50. The van der Waals surface area contributed by atoms with Gasteiger partial charge >= 0.3 is 0 Å². The first kappa shape index (κ1) is 18.9. The van der Waals surface area contributed by atoms with E-state index >= 15 is 0 Å². The van der Waals surface area contributed by atoms with Gasteiger partial charge in [-0.1, -0.05) is 12.1 Å². The first-order chi connectivity index (χ1) is 15.1. The van der Waals surface area contributed by atoms with Crippen LogP contribution < -0.4 is 5.32 Å². The van der Waals surface area contributed by atoms with Crippen LogP contribution in [0.3, 0.4) is 0 Å². The van der Waals surface area contributed by atoms with Crippen LogP contribution in [0.25, 0.3) is 11.4 Å². The number of benzene rings is 1. The van der Waals surface area contributed by atoms with Crippen molar-refractivity contribution in [3.05, 3.63) is 70.8 Å². The molecular weight excluding hydrogens is 461 g/mol. The van der Waals surface area contributed by atoms with Gasteiger partial charge in [-0.15, -0.1) is 0 Å². The van der Waals surface area contributed by atoms with Crippen molar-refractivity contribution in [1.82, 2.24) is 19.9 Å². The molecule has 3 aliphatic rings. The summed E-state index contributed by atoms with van der Waals surface area (Å²) in [6.45, 7) is 0.666. The van der Waals surface area contributed by atoms with E-state index in [1.807, 2.05) is 17.0 Å². The van der Waals surface area contributed by atoms with Crippen LogP contribution in [0.2, 0.25) is 0 Å². The molecule has 1 aliphatic heterocycles. The molecule has 1 saturated heterocycles. The maximum atomic E-state index is 14.9. The van der Waals surface area contributed by atoms with Gasteiger partial charge in [0.25, 0.3) is 5.91 Å². The first-order valence-electron chi connectivity index (χ1n) is 10.3. The van der Waals surface area contributed by atoms with E-state index in [0.717, 1.165) is 23.1 Å². The number of halogens is 2. The second-order valence-electron chi connectivity index (χ2n) is 8.59. The second kappa shape index (κ2) is 6.82. The van der Waals surface area contributed by atoms with E-state index in [1.54, 1.807) is 36.8 Å². The highest BCUT2D eigenvalue weighted by Gasteiger charge is 2.75. The van der Waals surface area contributed by atoms with Gasteiger partial charge in [0.15, 0.2) is 5.82 Å². The number of aromatic nitrogens is 3.